The van der Waals surface area contributed by atoms with Crippen LogP contribution in [0.3, 0.4) is 0 Å². The number of benzene rings is 3. The summed E-state index contributed by atoms with van der Waals surface area (Å²) in [5.41, 5.74) is 6.43. The molecule has 1 N–H and O–H groups in total. The Labute approximate surface area is 175 Å². The molecule has 0 spiro atoms. The molecule has 4 heteroatoms. The SMILES string of the molecule is Cc1ccccc1C1=NN(C(=O)Cc2ccccc2)C(c2c[nH]c3ccccc23)C1. The third-order valence-electron chi connectivity index (χ3n) is 5.80. The van der Waals surface area contributed by atoms with Crippen molar-refractivity contribution in [2.24, 2.45) is 5.10 Å². The number of carbonyl (C=O) groups excluding carboxylic acids is 1. The number of hydrogen-bond acceptors (Lipinski definition) is 2. The molecule has 5 rings (SSSR count). The Hall–Kier alpha value is -3.66. The maximum atomic E-state index is 13.3. The van der Waals surface area contributed by atoms with E-state index in [0.29, 0.717) is 12.8 Å². The van der Waals surface area contributed by atoms with E-state index in [4.69, 9.17) is 5.10 Å². The van der Waals surface area contributed by atoms with Crippen molar-refractivity contribution in [3.63, 3.8) is 0 Å². The lowest BCUT2D eigenvalue weighted by molar-refractivity contribution is -0.132. The zero-order valence-corrected chi connectivity index (χ0v) is 16.9. The number of fused-ring (bicyclic) bond motifs is 1. The summed E-state index contributed by atoms with van der Waals surface area (Å²) in [6, 6.07) is 26.2. The smallest absolute Gasteiger partial charge is 0.247 e. The molecule has 148 valence electrons. The third kappa shape index (κ3) is 3.30. The van der Waals surface area contributed by atoms with Crippen LogP contribution in [0.4, 0.5) is 0 Å². The number of aromatic amines is 1. The van der Waals surface area contributed by atoms with Crippen molar-refractivity contribution >= 4 is 22.5 Å². The van der Waals surface area contributed by atoms with Gasteiger partial charge < -0.3 is 4.98 Å². The van der Waals surface area contributed by atoms with E-state index >= 15 is 0 Å². The molecule has 0 saturated heterocycles. The van der Waals surface area contributed by atoms with Crippen molar-refractivity contribution < 1.29 is 4.79 Å². The number of aromatic nitrogens is 1. The van der Waals surface area contributed by atoms with Crippen LogP contribution in [0.2, 0.25) is 0 Å². The van der Waals surface area contributed by atoms with Crippen molar-refractivity contribution in [2.45, 2.75) is 25.8 Å². The number of nitrogens with one attached hydrogen (secondary N) is 1. The average molecular weight is 393 g/mol. The molecule has 0 saturated carbocycles. The maximum Gasteiger partial charge on any atom is 0.247 e. The number of hydrogen-bond donors (Lipinski definition) is 1. The molecule has 1 atom stereocenters. The minimum atomic E-state index is -0.119. The van der Waals surface area contributed by atoms with E-state index < -0.39 is 0 Å². The van der Waals surface area contributed by atoms with E-state index in [9.17, 15) is 4.79 Å². The molecule has 0 aliphatic carbocycles. The van der Waals surface area contributed by atoms with Crippen molar-refractivity contribution in [3.05, 3.63) is 107 Å². The van der Waals surface area contributed by atoms with Crippen LogP contribution in [0.15, 0.2) is 90.2 Å². The van der Waals surface area contributed by atoms with Gasteiger partial charge >= 0.3 is 0 Å². The highest BCUT2D eigenvalue weighted by Gasteiger charge is 2.34. The van der Waals surface area contributed by atoms with E-state index in [1.165, 1.54) is 5.56 Å². The van der Waals surface area contributed by atoms with Gasteiger partial charge in [-0.2, -0.15) is 5.10 Å². The molecule has 1 aliphatic heterocycles. The van der Waals surface area contributed by atoms with Crippen LogP contribution in [0.25, 0.3) is 10.9 Å². The summed E-state index contributed by atoms with van der Waals surface area (Å²) in [7, 11) is 0. The predicted molar refractivity (Wildman–Crippen MR) is 120 cm³/mol. The Morgan fingerprint density at radius 2 is 1.73 bits per heavy atom. The van der Waals surface area contributed by atoms with E-state index in [-0.39, 0.29) is 11.9 Å². The quantitative estimate of drug-likeness (QED) is 0.496. The molecule has 30 heavy (non-hydrogen) atoms. The Kier molecular flexibility index (Phi) is 4.68. The number of amides is 1. The summed E-state index contributed by atoms with van der Waals surface area (Å²) < 4.78 is 0. The fourth-order valence-electron chi connectivity index (χ4n) is 4.26. The minimum absolute atomic E-state index is 0.0139. The number of aryl methyl sites for hydroxylation is 1. The van der Waals surface area contributed by atoms with Gasteiger partial charge in [0.2, 0.25) is 5.91 Å². The monoisotopic (exact) mass is 393 g/mol. The number of nitrogens with zero attached hydrogens (tertiary/aromatic N) is 2. The van der Waals surface area contributed by atoms with Crippen LogP contribution in [-0.4, -0.2) is 21.6 Å². The minimum Gasteiger partial charge on any atom is -0.361 e. The van der Waals surface area contributed by atoms with Crippen LogP contribution < -0.4 is 0 Å². The molecule has 1 unspecified atom stereocenters. The molecule has 1 amide bonds. The highest BCUT2D eigenvalue weighted by atomic mass is 16.2. The van der Waals surface area contributed by atoms with Gasteiger partial charge in [-0.15, -0.1) is 0 Å². The zero-order chi connectivity index (χ0) is 20.5. The molecule has 4 aromatic rings. The number of carbonyl (C=O) groups is 1. The number of hydrazone groups is 1. The first-order chi connectivity index (χ1) is 14.7. The van der Waals surface area contributed by atoms with Gasteiger partial charge in [0, 0.05) is 34.6 Å². The third-order valence-corrected chi connectivity index (χ3v) is 5.80. The molecule has 3 aromatic carbocycles. The van der Waals surface area contributed by atoms with Crippen molar-refractivity contribution in [1.29, 1.82) is 0 Å². The van der Waals surface area contributed by atoms with Crippen molar-refractivity contribution in [1.82, 2.24) is 9.99 Å². The molecule has 1 aliphatic rings. The normalized spacial score (nSPS) is 16.1. The van der Waals surface area contributed by atoms with Crippen LogP contribution in [0.5, 0.6) is 0 Å². The Balaban J connectivity index is 1.55. The highest BCUT2D eigenvalue weighted by molar-refractivity contribution is 6.04. The van der Waals surface area contributed by atoms with Crippen LogP contribution >= 0.6 is 0 Å². The number of para-hydroxylation sites is 1. The van der Waals surface area contributed by atoms with E-state index in [2.05, 4.69) is 36.2 Å². The number of rotatable bonds is 4. The second kappa shape index (κ2) is 7.64. The molecule has 4 nitrogen and oxygen atoms in total. The van der Waals surface area contributed by atoms with Gasteiger partial charge in [-0.25, -0.2) is 5.01 Å². The first-order valence-electron chi connectivity index (χ1n) is 10.3. The summed E-state index contributed by atoms with van der Waals surface area (Å²) in [6.45, 7) is 2.09. The highest BCUT2D eigenvalue weighted by Crippen LogP contribution is 2.37. The van der Waals surface area contributed by atoms with Gasteiger partial charge in [0.25, 0.3) is 0 Å². The van der Waals surface area contributed by atoms with Gasteiger partial charge in [0.05, 0.1) is 18.2 Å². The summed E-state index contributed by atoms with van der Waals surface area (Å²) in [5.74, 6) is 0.0139. The Morgan fingerprint density at radius 3 is 2.57 bits per heavy atom. The fraction of sp³-hybridized carbons (Fsp3) is 0.154. The Bertz CT molecular complexity index is 1240. The summed E-state index contributed by atoms with van der Waals surface area (Å²) in [5, 5.41) is 7.68. The summed E-state index contributed by atoms with van der Waals surface area (Å²) in [4.78, 5) is 16.7. The van der Waals surface area contributed by atoms with E-state index in [0.717, 1.165) is 33.3 Å². The number of H-pyrrole nitrogens is 1. The van der Waals surface area contributed by atoms with Gasteiger partial charge in [0.1, 0.15) is 0 Å². The van der Waals surface area contributed by atoms with Gasteiger partial charge in [-0.05, 0) is 24.1 Å². The van der Waals surface area contributed by atoms with E-state index in [1.54, 1.807) is 5.01 Å². The zero-order valence-electron chi connectivity index (χ0n) is 16.9. The van der Waals surface area contributed by atoms with Crippen molar-refractivity contribution in [3.8, 4) is 0 Å². The largest absolute Gasteiger partial charge is 0.361 e. The first kappa shape index (κ1) is 18.4. The second-order valence-electron chi connectivity index (χ2n) is 7.77. The van der Waals surface area contributed by atoms with Crippen LogP contribution in [0, 0.1) is 6.92 Å². The molecular formula is C26H23N3O. The van der Waals surface area contributed by atoms with Crippen LogP contribution in [0.1, 0.15) is 34.7 Å². The molecular weight excluding hydrogens is 370 g/mol. The Morgan fingerprint density at radius 1 is 1.00 bits per heavy atom. The van der Waals surface area contributed by atoms with Gasteiger partial charge in [-0.1, -0.05) is 72.8 Å². The molecule has 2 heterocycles. The lowest BCUT2D eigenvalue weighted by Gasteiger charge is -2.21. The molecule has 0 fully saturated rings. The molecule has 0 bridgehead atoms. The lowest BCUT2D eigenvalue weighted by Crippen LogP contribution is -2.28. The van der Waals surface area contributed by atoms with E-state index in [1.807, 2.05) is 60.8 Å². The topological polar surface area (TPSA) is 48.5 Å². The standard InChI is InChI=1S/C26H23N3O/c1-18-9-5-6-12-20(18)24-16-25(22-17-27-23-14-8-7-13-21(22)23)29(28-24)26(30)15-19-10-3-2-4-11-19/h2-14,17,25,27H,15-16H2,1H3. The van der Waals surface area contributed by atoms with Gasteiger partial charge in [-0.3, -0.25) is 4.79 Å². The van der Waals surface area contributed by atoms with Gasteiger partial charge in [0.15, 0.2) is 0 Å². The maximum absolute atomic E-state index is 13.3. The summed E-state index contributed by atoms with van der Waals surface area (Å²) >= 11 is 0. The fourth-order valence-corrected chi connectivity index (χ4v) is 4.26. The van der Waals surface area contributed by atoms with Crippen molar-refractivity contribution in [2.75, 3.05) is 0 Å². The lowest BCUT2D eigenvalue weighted by atomic mass is 9.95. The second-order valence-corrected chi connectivity index (χ2v) is 7.77. The van der Waals surface area contributed by atoms with Crippen LogP contribution in [-0.2, 0) is 11.2 Å². The first-order valence-corrected chi connectivity index (χ1v) is 10.3. The summed E-state index contributed by atoms with van der Waals surface area (Å²) in [6.07, 6.45) is 3.06. The predicted octanol–water partition coefficient (Wildman–Crippen LogP) is 5.40. The molecule has 1 aromatic heterocycles. The molecule has 0 radical (unpaired) electrons. The average Bonchev–Trinajstić information content (AvgIpc) is 3.39.